The van der Waals surface area contributed by atoms with Gasteiger partial charge in [0, 0.05) is 12.2 Å². The second kappa shape index (κ2) is 11.0. The Balaban J connectivity index is 4.96. The van der Waals surface area contributed by atoms with E-state index in [-0.39, 0.29) is 17.2 Å². The van der Waals surface area contributed by atoms with E-state index in [9.17, 15) is 9.59 Å². The summed E-state index contributed by atoms with van der Waals surface area (Å²) >= 11 is 0. The number of hydrogen-bond acceptors (Lipinski definition) is 5. The van der Waals surface area contributed by atoms with Crippen LogP contribution in [0.15, 0.2) is 12.2 Å². The number of amides is 1. The fraction of sp³-hybridized carbons (Fsp3) is 0.810. The summed E-state index contributed by atoms with van der Waals surface area (Å²) in [6.45, 7) is 20.6. The van der Waals surface area contributed by atoms with Crippen molar-refractivity contribution in [3.8, 4) is 0 Å². The molecule has 0 heterocycles. The van der Waals surface area contributed by atoms with Crippen LogP contribution in [0.25, 0.3) is 0 Å². The minimum Gasteiger partial charge on any atom is -0.463 e. The van der Waals surface area contributed by atoms with Gasteiger partial charge in [0.05, 0.1) is 12.6 Å². The molecule has 0 aliphatic rings. The molecule has 0 rings (SSSR count). The van der Waals surface area contributed by atoms with Gasteiger partial charge in [-0.3, -0.25) is 0 Å². The highest BCUT2D eigenvalue weighted by Gasteiger charge is 2.38. The molecule has 1 amide bonds. The quantitative estimate of drug-likeness (QED) is 0.319. The molecule has 164 valence electrons. The zero-order chi connectivity index (χ0) is 22.2. The first-order valence-corrected chi connectivity index (χ1v) is 13.0. The zero-order valence-corrected chi connectivity index (χ0v) is 20.5. The number of carbonyl (C=O) groups is 2. The van der Waals surface area contributed by atoms with Crippen LogP contribution in [0.2, 0.25) is 18.1 Å². The van der Waals surface area contributed by atoms with Crippen molar-refractivity contribution >= 4 is 20.4 Å². The van der Waals surface area contributed by atoms with Crippen LogP contribution in [-0.4, -0.2) is 44.7 Å². The summed E-state index contributed by atoms with van der Waals surface area (Å²) in [6, 6.07) is -0.343. The normalized spacial score (nSPS) is 15.2. The largest absolute Gasteiger partial charge is 0.463 e. The molecule has 0 aliphatic carbocycles. The lowest BCUT2D eigenvalue weighted by Gasteiger charge is -2.38. The fourth-order valence-electron chi connectivity index (χ4n) is 2.21. The number of rotatable bonds is 9. The Kier molecular flexibility index (Phi) is 10.5. The van der Waals surface area contributed by atoms with Gasteiger partial charge in [0.2, 0.25) is 0 Å². The molecule has 1 unspecified atom stereocenters. The average molecular weight is 416 g/mol. The van der Waals surface area contributed by atoms with Crippen molar-refractivity contribution in [2.75, 3.05) is 6.61 Å². The SMILES string of the molecule is CCOC(=O)/C=C/[C@H](CCC(C)O[Si](C)(C)C(C)(C)C)NC(=O)OC(C)(C)C. The van der Waals surface area contributed by atoms with E-state index in [0.29, 0.717) is 13.0 Å². The predicted octanol–water partition coefficient (Wildman–Crippen LogP) is 5.19. The third kappa shape index (κ3) is 11.5. The van der Waals surface area contributed by atoms with E-state index in [1.807, 2.05) is 20.8 Å². The molecule has 28 heavy (non-hydrogen) atoms. The molecular weight excluding hydrogens is 374 g/mol. The summed E-state index contributed by atoms with van der Waals surface area (Å²) in [6.07, 6.45) is 3.93. The minimum atomic E-state index is -1.86. The number of ether oxygens (including phenoxy) is 2. The van der Waals surface area contributed by atoms with Crippen molar-refractivity contribution in [1.82, 2.24) is 5.32 Å². The van der Waals surface area contributed by atoms with Crippen molar-refractivity contribution in [3.63, 3.8) is 0 Å². The maximum absolute atomic E-state index is 12.1. The second-order valence-corrected chi connectivity index (χ2v) is 14.4. The third-order valence-electron chi connectivity index (χ3n) is 4.64. The number of hydrogen-bond donors (Lipinski definition) is 1. The predicted molar refractivity (Wildman–Crippen MR) is 116 cm³/mol. The third-order valence-corrected chi connectivity index (χ3v) is 9.24. The number of nitrogens with one attached hydrogen (secondary N) is 1. The molecule has 0 saturated carbocycles. The fourth-order valence-corrected chi connectivity index (χ4v) is 3.69. The van der Waals surface area contributed by atoms with E-state index in [2.05, 4.69) is 46.1 Å². The Hall–Kier alpha value is -1.34. The lowest BCUT2D eigenvalue weighted by molar-refractivity contribution is -0.137. The van der Waals surface area contributed by atoms with Gasteiger partial charge < -0.3 is 19.2 Å². The maximum Gasteiger partial charge on any atom is 0.408 e. The highest BCUT2D eigenvalue weighted by atomic mass is 28.4. The van der Waals surface area contributed by atoms with Crippen LogP contribution < -0.4 is 5.32 Å². The Labute approximate surface area is 172 Å². The Bertz CT molecular complexity index is 532. The van der Waals surface area contributed by atoms with Crippen LogP contribution in [0.5, 0.6) is 0 Å². The summed E-state index contributed by atoms with van der Waals surface area (Å²) in [7, 11) is -1.86. The Morgan fingerprint density at radius 3 is 2.11 bits per heavy atom. The molecule has 0 bridgehead atoms. The van der Waals surface area contributed by atoms with E-state index >= 15 is 0 Å². The molecule has 0 aliphatic heterocycles. The first-order chi connectivity index (χ1) is 12.6. The molecule has 2 atom stereocenters. The van der Waals surface area contributed by atoms with Crippen LogP contribution in [0.1, 0.15) is 68.2 Å². The number of carbonyl (C=O) groups excluding carboxylic acids is 2. The molecule has 0 spiro atoms. The van der Waals surface area contributed by atoms with Crippen LogP contribution in [0, 0.1) is 0 Å². The summed E-state index contributed by atoms with van der Waals surface area (Å²) in [5.41, 5.74) is -0.585. The smallest absolute Gasteiger partial charge is 0.408 e. The molecule has 1 N–H and O–H groups in total. The van der Waals surface area contributed by atoms with Gasteiger partial charge >= 0.3 is 12.1 Å². The van der Waals surface area contributed by atoms with Gasteiger partial charge in [0.25, 0.3) is 0 Å². The minimum absolute atomic E-state index is 0.0554. The van der Waals surface area contributed by atoms with Crippen molar-refractivity contribution in [2.45, 2.75) is 104 Å². The first-order valence-electron chi connectivity index (χ1n) is 10.1. The van der Waals surface area contributed by atoms with E-state index in [0.717, 1.165) is 6.42 Å². The summed E-state index contributed by atoms with van der Waals surface area (Å²) in [5, 5.41) is 2.96. The van der Waals surface area contributed by atoms with Crippen LogP contribution in [-0.2, 0) is 18.7 Å². The van der Waals surface area contributed by atoms with E-state index in [1.54, 1.807) is 13.0 Å². The lowest BCUT2D eigenvalue weighted by Crippen LogP contribution is -2.44. The highest BCUT2D eigenvalue weighted by molar-refractivity contribution is 6.74. The van der Waals surface area contributed by atoms with Gasteiger partial charge in [0.1, 0.15) is 5.60 Å². The molecule has 0 saturated heterocycles. The molecule has 0 fully saturated rings. The van der Waals surface area contributed by atoms with Gasteiger partial charge in [-0.15, -0.1) is 0 Å². The molecular formula is C21H41NO5Si. The Morgan fingerprint density at radius 1 is 1.07 bits per heavy atom. The van der Waals surface area contributed by atoms with Gasteiger partial charge in [-0.2, -0.15) is 0 Å². The highest BCUT2D eigenvalue weighted by Crippen LogP contribution is 2.37. The van der Waals surface area contributed by atoms with Crippen LogP contribution >= 0.6 is 0 Å². The number of esters is 1. The van der Waals surface area contributed by atoms with Gasteiger partial charge in [0.15, 0.2) is 8.32 Å². The van der Waals surface area contributed by atoms with Crippen LogP contribution in [0.3, 0.4) is 0 Å². The Morgan fingerprint density at radius 2 is 1.64 bits per heavy atom. The van der Waals surface area contributed by atoms with E-state index in [1.165, 1.54) is 6.08 Å². The van der Waals surface area contributed by atoms with Crippen molar-refractivity contribution in [3.05, 3.63) is 12.2 Å². The van der Waals surface area contributed by atoms with Crippen molar-refractivity contribution in [1.29, 1.82) is 0 Å². The molecule has 0 radical (unpaired) electrons. The topological polar surface area (TPSA) is 73.9 Å². The lowest BCUT2D eigenvalue weighted by atomic mass is 10.1. The van der Waals surface area contributed by atoms with Crippen molar-refractivity contribution < 1.29 is 23.5 Å². The average Bonchev–Trinajstić information content (AvgIpc) is 2.46. The molecule has 0 aromatic rings. The molecule has 0 aromatic heterocycles. The van der Waals surface area contributed by atoms with Gasteiger partial charge in [-0.05, 0) is 65.6 Å². The summed E-state index contributed by atoms with van der Waals surface area (Å²) in [4.78, 5) is 23.8. The second-order valence-electron chi connectivity index (χ2n) is 9.63. The van der Waals surface area contributed by atoms with Crippen molar-refractivity contribution in [2.24, 2.45) is 0 Å². The standard InChI is InChI=1S/C21H41NO5Si/c1-11-25-18(23)15-14-17(22-19(24)26-20(3,4)5)13-12-16(2)27-28(9,10)21(6,7)8/h14-17H,11-13H2,1-10H3,(H,22,24)/b15-14+/t16?,17-/m0/s1. The summed E-state index contributed by atoms with van der Waals surface area (Å²) in [5.74, 6) is -0.427. The first kappa shape index (κ1) is 26.7. The van der Waals surface area contributed by atoms with E-state index in [4.69, 9.17) is 13.9 Å². The van der Waals surface area contributed by atoms with Crippen LogP contribution in [0.4, 0.5) is 4.79 Å². The molecule has 0 aromatic carbocycles. The zero-order valence-electron chi connectivity index (χ0n) is 19.5. The molecule has 6 nitrogen and oxygen atoms in total. The maximum atomic E-state index is 12.1. The monoisotopic (exact) mass is 415 g/mol. The molecule has 7 heteroatoms. The summed E-state index contributed by atoms with van der Waals surface area (Å²) < 4.78 is 16.6. The van der Waals surface area contributed by atoms with E-state index < -0.39 is 26.0 Å². The van der Waals surface area contributed by atoms with Gasteiger partial charge in [-0.25, -0.2) is 9.59 Å². The van der Waals surface area contributed by atoms with Gasteiger partial charge in [-0.1, -0.05) is 26.8 Å². The number of alkyl carbamates (subject to hydrolysis) is 1.